The topological polar surface area (TPSA) is 64.5 Å². The van der Waals surface area contributed by atoms with E-state index in [1.54, 1.807) is 7.11 Å². The number of nitrogen functional groups attached to an aromatic ring is 1. The fraction of sp³-hybridized carbons (Fsp3) is 0.500. The molecule has 0 heterocycles. The number of para-hydroxylation sites is 1. The lowest BCUT2D eigenvalue weighted by Gasteiger charge is -2.22. The van der Waals surface area contributed by atoms with Crippen LogP contribution >= 0.6 is 0 Å². The van der Waals surface area contributed by atoms with Gasteiger partial charge in [-0.25, -0.2) is 0 Å². The highest BCUT2D eigenvalue weighted by Crippen LogP contribution is 2.25. The van der Waals surface area contributed by atoms with Gasteiger partial charge in [0, 0.05) is 20.7 Å². The Kier molecular flexibility index (Phi) is 5.08. The molecule has 0 unspecified atom stereocenters. The van der Waals surface area contributed by atoms with Crippen LogP contribution in [0.2, 0.25) is 0 Å². The van der Waals surface area contributed by atoms with Gasteiger partial charge in [-0.15, -0.1) is 0 Å². The summed E-state index contributed by atoms with van der Waals surface area (Å²) < 4.78 is 5.05. The molecule has 1 rings (SSSR count). The van der Waals surface area contributed by atoms with E-state index in [2.05, 4.69) is 4.90 Å². The Hall–Kier alpha value is -1.26. The molecule has 0 bridgehead atoms. The lowest BCUT2D eigenvalue weighted by Crippen LogP contribution is -2.23. The molecule has 0 fully saturated rings. The van der Waals surface area contributed by atoms with Gasteiger partial charge in [-0.2, -0.15) is 0 Å². The molecular weight excluding hydrogens is 202 g/mol. The largest absolute Gasteiger partial charge is 0.397 e. The van der Waals surface area contributed by atoms with E-state index >= 15 is 0 Å². The van der Waals surface area contributed by atoms with E-state index in [4.69, 9.17) is 16.2 Å². The van der Waals surface area contributed by atoms with Gasteiger partial charge in [0.15, 0.2) is 0 Å². The Morgan fingerprint density at radius 2 is 2.12 bits per heavy atom. The Bertz CT molecular complexity index is 328. The third-order valence-electron chi connectivity index (χ3n) is 2.63. The fourth-order valence-electron chi connectivity index (χ4n) is 1.65. The SMILES string of the molecule is COCCN(C)c1cccc(CCN)c1N. The van der Waals surface area contributed by atoms with E-state index in [0.717, 1.165) is 29.9 Å². The molecule has 1 aromatic rings. The molecule has 0 radical (unpaired) electrons. The lowest BCUT2D eigenvalue weighted by molar-refractivity contribution is 0.206. The maximum atomic E-state index is 6.10. The van der Waals surface area contributed by atoms with Crippen molar-refractivity contribution in [1.29, 1.82) is 0 Å². The normalized spacial score (nSPS) is 10.4. The first-order chi connectivity index (χ1) is 7.70. The van der Waals surface area contributed by atoms with Crippen LogP contribution in [-0.4, -0.2) is 33.9 Å². The molecule has 1 aromatic carbocycles. The van der Waals surface area contributed by atoms with E-state index in [0.29, 0.717) is 13.2 Å². The molecule has 0 saturated carbocycles. The monoisotopic (exact) mass is 223 g/mol. The number of nitrogens with zero attached hydrogens (tertiary/aromatic N) is 1. The first-order valence-electron chi connectivity index (χ1n) is 5.48. The molecule has 0 aliphatic rings. The number of likely N-dealkylation sites (N-methyl/N-ethyl adjacent to an activating group) is 1. The summed E-state index contributed by atoms with van der Waals surface area (Å²) in [5.41, 5.74) is 14.6. The van der Waals surface area contributed by atoms with Crippen LogP contribution < -0.4 is 16.4 Å². The van der Waals surface area contributed by atoms with E-state index in [1.807, 2.05) is 25.2 Å². The van der Waals surface area contributed by atoms with Gasteiger partial charge in [0.05, 0.1) is 18.0 Å². The number of rotatable bonds is 6. The second-order valence-electron chi connectivity index (χ2n) is 3.80. The van der Waals surface area contributed by atoms with Crippen molar-refractivity contribution in [2.45, 2.75) is 6.42 Å². The van der Waals surface area contributed by atoms with E-state index < -0.39 is 0 Å². The van der Waals surface area contributed by atoms with Crippen molar-refractivity contribution in [2.24, 2.45) is 5.73 Å². The molecule has 16 heavy (non-hydrogen) atoms. The molecule has 4 N–H and O–H groups in total. The number of methoxy groups -OCH3 is 1. The number of anilines is 2. The van der Waals surface area contributed by atoms with Gasteiger partial charge in [0.2, 0.25) is 0 Å². The van der Waals surface area contributed by atoms with Gasteiger partial charge < -0.3 is 21.1 Å². The number of nitrogens with two attached hydrogens (primary N) is 2. The van der Waals surface area contributed by atoms with Crippen molar-refractivity contribution in [1.82, 2.24) is 0 Å². The van der Waals surface area contributed by atoms with Crippen LogP contribution in [0.4, 0.5) is 11.4 Å². The zero-order valence-corrected chi connectivity index (χ0v) is 10.1. The number of ether oxygens (including phenoxy) is 1. The van der Waals surface area contributed by atoms with Gasteiger partial charge in [0.1, 0.15) is 0 Å². The minimum Gasteiger partial charge on any atom is -0.397 e. The Morgan fingerprint density at radius 1 is 1.38 bits per heavy atom. The molecule has 0 aromatic heterocycles. The highest BCUT2D eigenvalue weighted by atomic mass is 16.5. The molecule has 0 saturated heterocycles. The molecule has 0 aliphatic carbocycles. The molecule has 0 aliphatic heterocycles. The van der Waals surface area contributed by atoms with Crippen molar-refractivity contribution in [3.63, 3.8) is 0 Å². The van der Waals surface area contributed by atoms with Gasteiger partial charge >= 0.3 is 0 Å². The van der Waals surface area contributed by atoms with Crippen LogP contribution in [0, 0.1) is 0 Å². The van der Waals surface area contributed by atoms with Crippen LogP contribution in [0.1, 0.15) is 5.56 Å². The summed E-state index contributed by atoms with van der Waals surface area (Å²) in [6.07, 6.45) is 0.817. The third kappa shape index (κ3) is 3.12. The van der Waals surface area contributed by atoms with Gasteiger partial charge in [-0.3, -0.25) is 0 Å². The highest BCUT2D eigenvalue weighted by molar-refractivity contribution is 5.71. The first kappa shape index (κ1) is 12.8. The molecule has 90 valence electrons. The Balaban J connectivity index is 2.82. The van der Waals surface area contributed by atoms with Crippen molar-refractivity contribution in [3.05, 3.63) is 23.8 Å². The summed E-state index contributed by atoms with van der Waals surface area (Å²) in [6, 6.07) is 6.06. The van der Waals surface area contributed by atoms with Crippen LogP contribution in [0.3, 0.4) is 0 Å². The summed E-state index contributed by atoms with van der Waals surface area (Å²) in [5, 5.41) is 0. The predicted molar refractivity (Wildman–Crippen MR) is 68.8 cm³/mol. The lowest BCUT2D eigenvalue weighted by atomic mass is 10.1. The zero-order valence-electron chi connectivity index (χ0n) is 10.1. The fourth-order valence-corrected chi connectivity index (χ4v) is 1.65. The van der Waals surface area contributed by atoms with Crippen molar-refractivity contribution in [2.75, 3.05) is 44.5 Å². The van der Waals surface area contributed by atoms with Crippen molar-refractivity contribution in [3.8, 4) is 0 Å². The average Bonchev–Trinajstić information content (AvgIpc) is 2.29. The molecular formula is C12H21N3O. The maximum Gasteiger partial charge on any atom is 0.0637 e. The summed E-state index contributed by atoms with van der Waals surface area (Å²) in [6.45, 7) is 2.14. The first-order valence-corrected chi connectivity index (χ1v) is 5.48. The third-order valence-corrected chi connectivity index (χ3v) is 2.63. The Morgan fingerprint density at radius 3 is 2.75 bits per heavy atom. The molecule has 4 nitrogen and oxygen atoms in total. The van der Waals surface area contributed by atoms with Crippen molar-refractivity contribution < 1.29 is 4.74 Å². The standard InChI is InChI=1S/C12H21N3O/c1-15(8-9-16-2)11-5-3-4-10(6-7-13)12(11)14/h3-5H,6-9,13-14H2,1-2H3. The highest BCUT2D eigenvalue weighted by Gasteiger charge is 2.08. The van der Waals surface area contributed by atoms with Crippen molar-refractivity contribution >= 4 is 11.4 Å². The second-order valence-corrected chi connectivity index (χ2v) is 3.80. The van der Waals surface area contributed by atoms with Gasteiger partial charge in [0.25, 0.3) is 0 Å². The quantitative estimate of drug-likeness (QED) is 0.702. The van der Waals surface area contributed by atoms with E-state index in [1.165, 1.54) is 0 Å². The van der Waals surface area contributed by atoms with E-state index in [-0.39, 0.29) is 0 Å². The summed E-state index contributed by atoms with van der Waals surface area (Å²) in [4.78, 5) is 2.10. The minimum atomic E-state index is 0.620. The summed E-state index contributed by atoms with van der Waals surface area (Å²) in [7, 11) is 3.71. The van der Waals surface area contributed by atoms with Crippen LogP contribution in [0.5, 0.6) is 0 Å². The minimum absolute atomic E-state index is 0.620. The maximum absolute atomic E-state index is 6.10. The van der Waals surface area contributed by atoms with Crippen LogP contribution in [0.15, 0.2) is 18.2 Å². The van der Waals surface area contributed by atoms with Gasteiger partial charge in [-0.05, 0) is 24.6 Å². The number of hydrogen-bond acceptors (Lipinski definition) is 4. The zero-order chi connectivity index (χ0) is 12.0. The molecule has 4 heteroatoms. The van der Waals surface area contributed by atoms with E-state index in [9.17, 15) is 0 Å². The molecule has 0 spiro atoms. The van der Waals surface area contributed by atoms with Gasteiger partial charge in [-0.1, -0.05) is 12.1 Å². The Labute approximate surface area is 97.2 Å². The molecule has 0 amide bonds. The number of hydrogen-bond donors (Lipinski definition) is 2. The smallest absolute Gasteiger partial charge is 0.0637 e. The average molecular weight is 223 g/mol. The molecule has 0 atom stereocenters. The second kappa shape index (κ2) is 6.35. The van der Waals surface area contributed by atoms with Crippen LogP contribution in [-0.2, 0) is 11.2 Å². The predicted octanol–water partition coefficient (Wildman–Crippen LogP) is 0.853. The van der Waals surface area contributed by atoms with Crippen LogP contribution in [0.25, 0.3) is 0 Å². The number of benzene rings is 1. The summed E-state index contributed by atoms with van der Waals surface area (Å²) in [5.74, 6) is 0. The summed E-state index contributed by atoms with van der Waals surface area (Å²) >= 11 is 0.